The fraction of sp³-hybridized carbons (Fsp3) is 0.0909. The number of hydrogen-bond acceptors (Lipinski definition) is 2. The highest BCUT2D eigenvalue weighted by Gasteiger charge is 2.56. The highest BCUT2D eigenvalue weighted by atomic mass is 16.2. The molecular weight excluding hydrogens is 310 g/mol. The Kier molecular flexibility index (Phi) is 3.90. The van der Waals surface area contributed by atoms with Crippen LogP contribution in [-0.2, 0) is 0 Å². The maximum Gasteiger partial charge on any atom is 0.255 e. The number of amides is 1. The molecule has 1 aliphatic rings. The lowest BCUT2D eigenvalue weighted by molar-refractivity contribution is 0.0833. The highest BCUT2D eigenvalue weighted by Crippen LogP contribution is 2.45. The fourth-order valence-electron chi connectivity index (χ4n) is 3.25. The van der Waals surface area contributed by atoms with E-state index in [1.165, 1.54) is 0 Å². The van der Waals surface area contributed by atoms with Crippen molar-refractivity contribution in [2.24, 2.45) is 0 Å². The summed E-state index contributed by atoms with van der Waals surface area (Å²) in [5, 5.41) is 0. The summed E-state index contributed by atoms with van der Waals surface area (Å²) in [6.07, 6.45) is 0. The number of Topliss-reactive ketones (excluding diaryl/α,β-unsaturated/α-hetero) is 1. The summed E-state index contributed by atoms with van der Waals surface area (Å²) in [7, 11) is 0. The highest BCUT2D eigenvalue weighted by molar-refractivity contribution is 6.08. The molecule has 1 amide bonds. The van der Waals surface area contributed by atoms with Crippen molar-refractivity contribution in [1.29, 1.82) is 0 Å². The molecular formula is C22H17NO2. The van der Waals surface area contributed by atoms with Crippen molar-refractivity contribution in [2.75, 3.05) is 0 Å². The lowest BCUT2D eigenvalue weighted by atomic mass is 10.0. The Morgan fingerprint density at radius 2 is 1.12 bits per heavy atom. The van der Waals surface area contributed by atoms with Gasteiger partial charge in [-0.2, -0.15) is 0 Å². The summed E-state index contributed by atoms with van der Waals surface area (Å²) in [5.41, 5.74) is 2.23. The summed E-state index contributed by atoms with van der Waals surface area (Å²) < 4.78 is 0. The van der Waals surface area contributed by atoms with Gasteiger partial charge in [-0.15, -0.1) is 0 Å². The molecule has 0 saturated carbocycles. The van der Waals surface area contributed by atoms with Crippen molar-refractivity contribution in [3.8, 4) is 0 Å². The number of benzene rings is 3. The van der Waals surface area contributed by atoms with E-state index in [4.69, 9.17) is 0 Å². The van der Waals surface area contributed by atoms with Gasteiger partial charge in [0.05, 0.1) is 6.04 Å². The van der Waals surface area contributed by atoms with Gasteiger partial charge in [0, 0.05) is 11.1 Å². The van der Waals surface area contributed by atoms with Crippen LogP contribution < -0.4 is 0 Å². The van der Waals surface area contributed by atoms with Gasteiger partial charge in [0.1, 0.15) is 6.04 Å². The molecule has 0 spiro atoms. The van der Waals surface area contributed by atoms with Crippen LogP contribution in [0.2, 0.25) is 0 Å². The van der Waals surface area contributed by atoms with Crippen LogP contribution in [0.4, 0.5) is 0 Å². The van der Waals surface area contributed by atoms with E-state index in [9.17, 15) is 9.59 Å². The SMILES string of the molecule is O=C(c1ccccc1)[C@H]1[C@H](c2ccccc2)N1C(=O)c1ccccc1. The summed E-state index contributed by atoms with van der Waals surface area (Å²) >= 11 is 0. The number of nitrogens with zero attached hydrogens (tertiary/aromatic N) is 1. The molecule has 3 aromatic rings. The molecule has 3 heteroatoms. The van der Waals surface area contributed by atoms with E-state index in [0.717, 1.165) is 5.56 Å². The van der Waals surface area contributed by atoms with Crippen molar-refractivity contribution in [2.45, 2.75) is 12.1 Å². The first-order chi connectivity index (χ1) is 12.3. The second-order valence-electron chi connectivity index (χ2n) is 6.11. The second-order valence-corrected chi connectivity index (χ2v) is 6.11. The average Bonchev–Trinajstić information content (AvgIpc) is 3.44. The maximum atomic E-state index is 12.9. The van der Waals surface area contributed by atoms with Crippen LogP contribution in [0.15, 0.2) is 91.0 Å². The Morgan fingerprint density at radius 3 is 1.68 bits per heavy atom. The van der Waals surface area contributed by atoms with Crippen LogP contribution in [-0.4, -0.2) is 22.6 Å². The third-order valence-corrected chi connectivity index (χ3v) is 4.53. The first kappa shape index (κ1) is 15.3. The van der Waals surface area contributed by atoms with E-state index in [2.05, 4.69) is 0 Å². The van der Waals surface area contributed by atoms with E-state index in [1.54, 1.807) is 29.2 Å². The Balaban J connectivity index is 1.68. The minimum atomic E-state index is -0.447. The van der Waals surface area contributed by atoms with Gasteiger partial charge in [-0.05, 0) is 17.7 Å². The van der Waals surface area contributed by atoms with Crippen LogP contribution in [0.25, 0.3) is 0 Å². The van der Waals surface area contributed by atoms with Gasteiger partial charge in [0.2, 0.25) is 0 Å². The molecule has 3 aromatic carbocycles. The van der Waals surface area contributed by atoms with Crippen molar-refractivity contribution in [3.05, 3.63) is 108 Å². The maximum absolute atomic E-state index is 12.9. The van der Waals surface area contributed by atoms with Gasteiger partial charge in [-0.25, -0.2) is 0 Å². The minimum absolute atomic E-state index is 0.0151. The average molecular weight is 327 g/mol. The van der Waals surface area contributed by atoms with E-state index in [-0.39, 0.29) is 17.7 Å². The molecule has 4 rings (SSSR count). The number of rotatable bonds is 4. The topological polar surface area (TPSA) is 37.1 Å². The van der Waals surface area contributed by atoms with E-state index in [0.29, 0.717) is 11.1 Å². The molecule has 3 nitrogen and oxygen atoms in total. The molecule has 0 aromatic heterocycles. The van der Waals surface area contributed by atoms with Gasteiger partial charge in [0.15, 0.2) is 5.78 Å². The van der Waals surface area contributed by atoms with Crippen LogP contribution in [0.1, 0.15) is 32.3 Å². The van der Waals surface area contributed by atoms with Gasteiger partial charge in [-0.1, -0.05) is 78.9 Å². The van der Waals surface area contributed by atoms with Gasteiger partial charge < -0.3 is 4.90 Å². The van der Waals surface area contributed by atoms with Crippen LogP contribution >= 0.6 is 0 Å². The number of carbonyl (C=O) groups is 2. The van der Waals surface area contributed by atoms with E-state index >= 15 is 0 Å². The molecule has 0 aliphatic carbocycles. The third-order valence-electron chi connectivity index (χ3n) is 4.53. The smallest absolute Gasteiger partial charge is 0.255 e. The zero-order valence-electron chi connectivity index (χ0n) is 13.6. The first-order valence-electron chi connectivity index (χ1n) is 8.29. The molecule has 0 N–H and O–H groups in total. The molecule has 1 heterocycles. The summed E-state index contributed by atoms with van der Waals surface area (Å²) in [4.78, 5) is 27.5. The van der Waals surface area contributed by atoms with Gasteiger partial charge >= 0.3 is 0 Å². The lowest BCUT2D eigenvalue weighted by Gasteiger charge is -2.05. The van der Waals surface area contributed by atoms with Crippen molar-refractivity contribution in [1.82, 2.24) is 4.90 Å². The van der Waals surface area contributed by atoms with Gasteiger partial charge in [-0.3, -0.25) is 9.59 Å². The molecule has 2 atom stereocenters. The molecule has 0 bridgehead atoms. The van der Waals surface area contributed by atoms with Crippen molar-refractivity contribution < 1.29 is 9.59 Å². The predicted molar refractivity (Wildman–Crippen MR) is 96.4 cm³/mol. The zero-order valence-corrected chi connectivity index (χ0v) is 13.6. The van der Waals surface area contributed by atoms with Crippen LogP contribution in [0.5, 0.6) is 0 Å². The zero-order chi connectivity index (χ0) is 17.2. The predicted octanol–water partition coefficient (Wildman–Crippen LogP) is 4.14. The van der Waals surface area contributed by atoms with Crippen LogP contribution in [0.3, 0.4) is 0 Å². The number of hydrogen-bond donors (Lipinski definition) is 0. The molecule has 1 aliphatic heterocycles. The summed E-state index contributed by atoms with van der Waals surface area (Å²) in [6, 6.07) is 27.4. The normalized spacial score (nSPS) is 18.6. The standard InChI is InChI=1S/C22H17NO2/c24-21(17-12-6-2-7-13-17)20-19(16-10-4-1-5-11-16)23(20)22(25)18-14-8-3-9-15-18/h1-15,19-20H/t19-,20+,23?/m0/s1. The van der Waals surface area contributed by atoms with E-state index in [1.807, 2.05) is 66.7 Å². The van der Waals surface area contributed by atoms with Crippen molar-refractivity contribution in [3.63, 3.8) is 0 Å². The molecule has 1 fully saturated rings. The fourth-order valence-corrected chi connectivity index (χ4v) is 3.25. The molecule has 122 valence electrons. The Bertz CT molecular complexity index is 834. The summed E-state index contributed by atoms with van der Waals surface area (Å²) in [5.74, 6) is -0.123. The molecule has 0 unspecified atom stereocenters. The molecule has 0 radical (unpaired) electrons. The number of carbonyl (C=O) groups excluding carboxylic acids is 2. The molecule has 25 heavy (non-hydrogen) atoms. The lowest BCUT2D eigenvalue weighted by Crippen LogP contribution is -2.19. The third kappa shape index (κ3) is 2.85. The van der Waals surface area contributed by atoms with Crippen molar-refractivity contribution >= 4 is 11.7 Å². The molecule has 1 saturated heterocycles. The Morgan fingerprint density at radius 1 is 0.640 bits per heavy atom. The Labute approximate surface area is 146 Å². The first-order valence-corrected chi connectivity index (χ1v) is 8.29. The second kappa shape index (κ2) is 6.36. The quantitative estimate of drug-likeness (QED) is 0.533. The van der Waals surface area contributed by atoms with Gasteiger partial charge in [0.25, 0.3) is 5.91 Å². The summed E-state index contributed by atoms with van der Waals surface area (Å²) in [6.45, 7) is 0. The number of ketones is 1. The Hall–Kier alpha value is -3.20. The monoisotopic (exact) mass is 327 g/mol. The van der Waals surface area contributed by atoms with Crippen LogP contribution in [0, 0.1) is 0 Å². The minimum Gasteiger partial charge on any atom is -0.316 e. The largest absolute Gasteiger partial charge is 0.316 e. The van der Waals surface area contributed by atoms with E-state index < -0.39 is 6.04 Å².